The Morgan fingerprint density at radius 2 is 1.62 bits per heavy atom. The molecule has 186 valence electrons. The van der Waals surface area contributed by atoms with Crippen molar-refractivity contribution in [1.29, 1.82) is 0 Å². The van der Waals surface area contributed by atoms with E-state index in [1.807, 2.05) is 54.6 Å². The molecule has 7 nitrogen and oxygen atoms in total. The molecule has 1 saturated heterocycles. The van der Waals surface area contributed by atoms with Gasteiger partial charge in [0.05, 0.1) is 23.7 Å². The molecule has 1 N–H and O–H groups in total. The number of ether oxygens (including phenoxy) is 2. The van der Waals surface area contributed by atoms with Crippen LogP contribution >= 0.6 is 23.1 Å². The number of thioether (sulfide) groups is 1. The predicted molar refractivity (Wildman–Crippen MR) is 143 cm³/mol. The molecule has 3 heterocycles. The lowest BCUT2D eigenvalue weighted by molar-refractivity contribution is -0.122. The number of aromatic nitrogens is 1. The van der Waals surface area contributed by atoms with E-state index in [-0.39, 0.29) is 16.7 Å². The van der Waals surface area contributed by atoms with Gasteiger partial charge in [-0.2, -0.15) is 0 Å². The third-order valence-electron chi connectivity index (χ3n) is 6.65. The lowest BCUT2D eigenvalue weighted by Gasteiger charge is -2.30. The molecule has 0 spiro atoms. The average Bonchev–Trinajstić information content (AvgIpc) is 3.42. The maximum Gasteiger partial charge on any atom is 0.305 e. The van der Waals surface area contributed by atoms with Crippen LogP contribution < -0.4 is 19.2 Å². The number of benzene rings is 3. The van der Waals surface area contributed by atoms with Crippen LogP contribution in [0.3, 0.4) is 0 Å². The number of rotatable bonds is 6. The molecule has 4 aromatic rings. The highest BCUT2D eigenvalue weighted by atomic mass is 32.2. The number of hydrogen-bond donors (Lipinski definition) is 1. The topological polar surface area (TPSA) is 88.7 Å². The quantitative estimate of drug-likeness (QED) is 0.360. The largest absolute Gasteiger partial charge is 0.497 e. The van der Waals surface area contributed by atoms with Crippen molar-refractivity contribution in [3.8, 4) is 11.5 Å². The Balaban J connectivity index is 1.42. The fraction of sp³-hybridized carbons (Fsp3) is 0.179. The Labute approximate surface area is 221 Å². The van der Waals surface area contributed by atoms with Crippen molar-refractivity contribution in [3.63, 3.8) is 0 Å². The summed E-state index contributed by atoms with van der Waals surface area (Å²) in [4.78, 5) is 44.6. The van der Waals surface area contributed by atoms with Gasteiger partial charge >= 0.3 is 4.87 Å². The molecule has 0 bridgehead atoms. The average molecular weight is 531 g/mol. The maximum absolute atomic E-state index is 13.9. The molecule has 9 heteroatoms. The van der Waals surface area contributed by atoms with Crippen LogP contribution in [0.5, 0.6) is 11.5 Å². The third-order valence-corrected chi connectivity index (χ3v) is 9.05. The number of anilines is 1. The molecular weight excluding hydrogens is 508 g/mol. The highest BCUT2D eigenvalue weighted by Crippen LogP contribution is 2.54. The van der Waals surface area contributed by atoms with E-state index in [1.54, 1.807) is 31.4 Å². The van der Waals surface area contributed by atoms with Crippen LogP contribution in [0.4, 0.5) is 5.69 Å². The first-order chi connectivity index (χ1) is 18.0. The van der Waals surface area contributed by atoms with Crippen LogP contribution in [0.15, 0.2) is 88.7 Å². The lowest BCUT2D eigenvalue weighted by atomic mass is 9.82. The molecule has 2 aliphatic heterocycles. The van der Waals surface area contributed by atoms with Gasteiger partial charge in [-0.15, -0.1) is 0 Å². The van der Waals surface area contributed by atoms with Crippen LogP contribution in [0, 0.1) is 5.92 Å². The van der Waals surface area contributed by atoms with E-state index in [2.05, 4.69) is 4.98 Å². The van der Waals surface area contributed by atoms with Crippen molar-refractivity contribution in [2.75, 3.05) is 12.0 Å². The second kappa shape index (κ2) is 9.57. The van der Waals surface area contributed by atoms with Crippen molar-refractivity contribution < 1.29 is 19.1 Å². The Morgan fingerprint density at radius 3 is 2.38 bits per heavy atom. The molecule has 3 atom stereocenters. The minimum Gasteiger partial charge on any atom is -0.497 e. The summed E-state index contributed by atoms with van der Waals surface area (Å²) >= 11 is 2.34. The van der Waals surface area contributed by atoms with Gasteiger partial charge in [0.25, 0.3) is 0 Å². The van der Waals surface area contributed by atoms with Crippen LogP contribution in [0.2, 0.25) is 0 Å². The Bertz CT molecular complexity index is 1530. The molecule has 0 aliphatic carbocycles. The van der Waals surface area contributed by atoms with Crippen LogP contribution in [0.1, 0.15) is 21.9 Å². The number of amides is 2. The standard InChI is InChI=1S/C28H22N2O5S2/c1-34-18-13-11-17(12-14-18)30-26(31)22-21(23-25(29-28(33)37-23)36-24(22)27(30)32)19-9-5-6-10-20(19)35-15-16-7-3-2-4-8-16/h2-14,21-22,24H,15H2,1H3,(H,29,33)/t21-,22-,24+/m0/s1. The number of methoxy groups -OCH3 is 1. The highest BCUT2D eigenvalue weighted by Gasteiger charge is 2.56. The van der Waals surface area contributed by atoms with E-state index in [0.29, 0.717) is 28.8 Å². The molecule has 0 radical (unpaired) electrons. The number of thiazole rings is 1. The fourth-order valence-corrected chi connectivity index (χ4v) is 7.45. The first-order valence-electron chi connectivity index (χ1n) is 11.7. The smallest absolute Gasteiger partial charge is 0.305 e. The molecule has 37 heavy (non-hydrogen) atoms. The van der Waals surface area contributed by atoms with Crippen LogP contribution in [0.25, 0.3) is 0 Å². The summed E-state index contributed by atoms with van der Waals surface area (Å²) in [6, 6.07) is 24.2. The van der Waals surface area contributed by atoms with Crippen molar-refractivity contribution in [2.24, 2.45) is 5.92 Å². The van der Waals surface area contributed by atoms with Gasteiger partial charge in [-0.1, -0.05) is 71.6 Å². The summed E-state index contributed by atoms with van der Waals surface area (Å²) in [6.07, 6.45) is 0. The van der Waals surface area contributed by atoms with E-state index in [0.717, 1.165) is 27.3 Å². The summed E-state index contributed by atoms with van der Waals surface area (Å²) in [7, 11) is 1.56. The number of carbonyl (C=O) groups excluding carboxylic acids is 2. The van der Waals surface area contributed by atoms with E-state index in [1.165, 1.54) is 16.7 Å². The summed E-state index contributed by atoms with van der Waals surface area (Å²) in [6.45, 7) is 0.356. The highest BCUT2D eigenvalue weighted by molar-refractivity contribution is 8.00. The molecule has 1 fully saturated rings. The van der Waals surface area contributed by atoms with Gasteiger partial charge in [-0.05, 0) is 35.9 Å². The number of imide groups is 1. The summed E-state index contributed by atoms with van der Waals surface area (Å²) in [5.74, 6) is -0.511. The second-order valence-electron chi connectivity index (χ2n) is 8.77. The number of carbonyl (C=O) groups is 2. The monoisotopic (exact) mass is 530 g/mol. The number of hydrogen-bond acceptors (Lipinski definition) is 7. The molecule has 2 amide bonds. The minimum atomic E-state index is -0.681. The van der Waals surface area contributed by atoms with Gasteiger partial charge in [0.15, 0.2) is 0 Å². The third kappa shape index (κ3) is 4.14. The van der Waals surface area contributed by atoms with Crippen molar-refractivity contribution >= 4 is 40.6 Å². The molecule has 6 rings (SSSR count). The summed E-state index contributed by atoms with van der Waals surface area (Å²) in [5.41, 5.74) is 2.29. The van der Waals surface area contributed by atoms with Crippen molar-refractivity contribution in [3.05, 3.63) is 105 Å². The Morgan fingerprint density at radius 1 is 0.892 bits per heavy atom. The number of nitrogens with zero attached hydrogens (tertiary/aromatic N) is 1. The summed E-state index contributed by atoms with van der Waals surface area (Å²) in [5, 5.41) is -0.0311. The summed E-state index contributed by atoms with van der Waals surface area (Å²) < 4.78 is 11.5. The van der Waals surface area contributed by atoms with E-state index in [4.69, 9.17) is 9.47 Å². The zero-order valence-corrected chi connectivity index (χ0v) is 21.4. The zero-order valence-electron chi connectivity index (χ0n) is 19.7. The molecule has 2 aliphatic rings. The van der Waals surface area contributed by atoms with Gasteiger partial charge in [0.1, 0.15) is 23.4 Å². The number of nitrogens with one attached hydrogen (secondary N) is 1. The predicted octanol–water partition coefficient (Wildman–Crippen LogP) is 4.82. The van der Waals surface area contributed by atoms with Gasteiger partial charge in [-0.3, -0.25) is 14.4 Å². The van der Waals surface area contributed by atoms with Crippen LogP contribution in [-0.2, 0) is 16.2 Å². The van der Waals surface area contributed by atoms with E-state index in [9.17, 15) is 14.4 Å². The second-order valence-corrected chi connectivity index (χ2v) is 10.9. The Hall–Kier alpha value is -3.82. The normalized spacial score (nSPS) is 20.5. The van der Waals surface area contributed by atoms with Crippen molar-refractivity contribution in [2.45, 2.75) is 22.8 Å². The van der Waals surface area contributed by atoms with Crippen LogP contribution in [-0.4, -0.2) is 29.2 Å². The first-order valence-corrected chi connectivity index (χ1v) is 13.4. The number of aromatic amines is 1. The van der Waals surface area contributed by atoms with Crippen molar-refractivity contribution in [1.82, 2.24) is 4.98 Å². The van der Waals surface area contributed by atoms with Gasteiger partial charge < -0.3 is 14.5 Å². The van der Waals surface area contributed by atoms with Gasteiger partial charge in [-0.25, -0.2) is 4.90 Å². The number of para-hydroxylation sites is 1. The molecule has 3 aromatic carbocycles. The molecule has 0 unspecified atom stereocenters. The van der Waals surface area contributed by atoms with Gasteiger partial charge in [0, 0.05) is 16.4 Å². The molecule has 1 aromatic heterocycles. The SMILES string of the molecule is COc1ccc(N2C(=O)[C@H]3[C@H](c4ccccc4OCc4ccccc4)c4sc(=O)[nH]c4S[C@H]3C2=O)cc1. The number of H-pyrrole nitrogens is 1. The van der Waals surface area contributed by atoms with E-state index < -0.39 is 17.1 Å². The first kappa shape index (κ1) is 23.6. The molecular formula is C28H22N2O5S2. The van der Waals surface area contributed by atoms with Gasteiger partial charge in [0.2, 0.25) is 11.8 Å². The number of fused-ring (bicyclic) bond motifs is 2. The Kier molecular flexibility index (Phi) is 6.10. The minimum absolute atomic E-state index is 0.211. The molecule has 0 saturated carbocycles. The lowest BCUT2D eigenvalue weighted by Crippen LogP contribution is -2.32. The fourth-order valence-electron chi connectivity index (χ4n) is 4.94. The van der Waals surface area contributed by atoms with E-state index >= 15 is 0 Å². The zero-order chi connectivity index (χ0) is 25.5. The maximum atomic E-state index is 13.9.